The second-order valence-electron chi connectivity index (χ2n) is 4.30. The van der Waals surface area contributed by atoms with Crippen molar-refractivity contribution in [2.24, 2.45) is 0 Å². The molecule has 1 heterocycles. The van der Waals surface area contributed by atoms with E-state index in [4.69, 9.17) is 10.00 Å². The molecule has 0 fully saturated rings. The van der Waals surface area contributed by atoms with E-state index in [0.29, 0.717) is 11.4 Å². The van der Waals surface area contributed by atoms with Crippen molar-refractivity contribution in [3.8, 4) is 28.9 Å². The molecule has 6 nitrogen and oxygen atoms in total. The van der Waals surface area contributed by atoms with Crippen molar-refractivity contribution < 1.29 is 4.74 Å². The van der Waals surface area contributed by atoms with Gasteiger partial charge in [-0.15, -0.1) is 5.10 Å². The van der Waals surface area contributed by atoms with E-state index in [1.165, 1.54) is 0 Å². The van der Waals surface area contributed by atoms with Crippen molar-refractivity contribution in [1.82, 2.24) is 20.2 Å². The molecule has 0 N–H and O–H groups in total. The highest BCUT2D eigenvalue weighted by Gasteiger charge is 2.10. The molecule has 21 heavy (non-hydrogen) atoms. The van der Waals surface area contributed by atoms with Gasteiger partial charge in [-0.3, -0.25) is 0 Å². The fourth-order valence-electron chi connectivity index (χ4n) is 1.96. The largest absolute Gasteiger partial charge is 0.497 e. The molecule has 1 aromatic heterocycles. The Hall–Kier alpha value is -3.20. The molecule has 0 saturated carbocycles. The summed E-state index contributed by atoms with van der Waals surface area (Å²) in [5.41, 5.74) is 2.28. The lowest BCUT2D eigenvalue weighted by molar-refractivity contribution is 0.414. The monoisotopic (exact) mass is 277 g/mol. The Kier molecular flexibility index (Phi) is 3.31. The van der Waals surface area contributed by atoms with Gasteiger partial charge in [0.2, 0.25) is 0 Å². The minimum Gasteiger partial charge on any atom is -0.497 e. The van der Waals surface area contributed by atoms with Crippen LogP contribution in [0.1, 0.15) is 5.56 Å². The molecule has 0 amide bonds. The molecule has 0 aliphatic carbocycles. The van der Waals surface area contributed by atoms with Crippen LogP contribution in [0.5, 0.6) is 5.75 Å². The molecule has 0 aliphatic rings. The normalized spacial score (nSPS) is 10.1. The van der Waals surface area contributed by atoms with E-state index in [1.807, 2.05) is 36.4 Å². The summed E-state index contributed by atoms with van der Waals surface area (Å²) in [5.74, 6) is 1.39. The highest BCUT2D eigenvalue weighted by Crippen LogP contribution is 2.21. The zero-order valence-corrected chi connectivity index (χ0v) is 11.3. The Morgan fingerprint density at radius 1 is 1.05 bits per heavy atom. The number of rotatable bonds is 3. The van der Waals surface area contributed by atoms with Crippen molar-refractivity contribution in [1.29, 1.82) is 5.26 Å². The Morgan fingerprint density at radius 2 is 1.76 bits per heavy atom. The number of nitriles is 1. The van der Waals surface area contributed by atoms with Gasteiger partial charge in [-0.1, -0.05) is 0 Å². The van der Waals surface area contributed by atoms with Crippen molar-refractivity contribution in [2.75, 3.05) is 7.11 Å². The molecule has 0 unspecified atom stereocenters. The van der Waals surface area contributed by atoms with Crippen LogP contribution in [-0.4, -0.2) is 27.3 Å². The number of ether oxygens (including phenoxy) is 1. The van der Waals surface area contributed by atoms with E-state index in [-0.39, 0.29) is 0 Å². The van der Waals surface area contributed by atoms with Crippen molar-refractivity contribution in [3.63, 3.8) is 0 Å². The van der Waals surface area contributed by atoms with E-state index in [9.17, 15) is 0 Å². The van der Waals surface area contributed by atoms with Gasteiger partial charge in [0.05, 0.1) is 24.4 Å². The maximum atomic E-state index is 8.83. The van der Waals surface area contributed by atoms with Gasteiger partial charge in [0.25, 0.3) is 0 Å². The maximum Gasteiger partial charge on any atom is 0.187 e. The number of nitrogens with zero attached hydrogens (tertiary/aromatic N) is 5. The molecule has 0 radical (unpaired) electrons. The van der Waals surface area contributed by atoms with Crippen LogP contribution in [0.25, 0.3) is 17.1 Å². The van der Waals surface area contributed by atoms with Crippen LogP contribution in [0.3, 0.4) is 0 Å². The lowest BCUT2D eigenvalue weighted by atomic mass is 10.1. The molecule has 3 rings (SSSR count). The van der Waals surface area contributed by atoms with E-state index < -0.39 is 0 Å². The third-order valence-corrected chi connectivity index (χ3v) is 3.06. The van der Waals surface area contributed by atoms with Crippen LogP contribution in [-0.2, 0) is 0 Å². The number of tetrazole rings is 1. The highest BCUT2D eigenvalue weighted by molar-refractivity contribution is 5.58. The first-order chi connectivity index (χ1) is 10.3. The summed E-state index contributed by atoms with van der Waals surface area (Å²) in [5, 5.41) is 20.6. The summed E-state index contributed by atoms with van der Waals surface area (Å²) >= 11 is 0. The Balaban J connectivity index is 2.01. The van der Waals surface area contributed by atoms with E-state index in [1.54, 1.807) is 23.9 Å². The summed E-state index contributed by atoms with van der Waals surface area (Å²) < 4.78 is 6.78. The zero-order valence-electron chi connectivity index (χ0n) is 11.3. The second-order valence-corrected chi connectivity index (χ2v) is 4.30. The quantitative estimate of drug-likeness (QED) is 0.733. The van der Waals surface area contributed by atoms with Crippen molar-refractivity contribution in [2.45, 2.75) is 0 Å². The molecular weight excluding hydrogens is 266 g/mol. The lowest BCUT2D eigenvalue weighted by Crippen LogP contribution is -1.99. The zero-order chi connectivity index (χ0) is 14.7. The van der Waals surface area contributed by atoms with E-state index >= 15 is 0 Å². The minimum atomic E-state index is 0.599. The van der Waals surface area contributed by atoms with Gasteiger partial charge in [0.15, 0.2) is 5.82 Å². The Labute approximate surface area is 121 Å². The fraction of sp³-hybridized carbons (Fsp3) is 0.0667. The summed E-state index contributed by atoms with van der Waals surface area (Å²) in [6.45, 7) is 0. The topological polar surface area (TPSA) is 76.6 Å². The van der Waals surface area contributed by atoms with Gasteiger partial charge in [-0.25, -0.2) is 0 Å². The molecule has 6 heteroatoms. The average molecular weight is 277 g/mol. The van der Waals surface area contributed by atoms with Crippen molar-refractivity contribution >= 4 is 0 Å². The molecular formula is C15H11N5O. The molecule has 0 spiro atoms. The predicted molar refractivity (Wildman–Crippen MR) is 75.9 cm³/mol. The van der Waals surface area contributed by atoms with Gasteiger partial charge in [-0.05, 0) is 59.0 Å². The lowest BCUT2D eigenvalue weighted by Gasteiger charge is -2.05. The van der Waals surface area contributed by atoms with Crippen molar-refractivity contribution in [3.05, 3.63) is 54.1 Å². The van der Waals surface area contributed by atoms with Gasteiger partial charge < -0.3 is 4.74 Å². The summed E-state index contributed by atoms with van der Waals surface area (Å²) in [4.78, 5) is 0. The molecule has 3 aromatic rings. The number of hydrogen-bond acceptors (Lipinski definition) is 5. The van der Waals surface area contributed by atoms with E-state index in [2.05, 4.69) is 21.6 Å². The average Bonchev–Trinajstić information content (AvgIpc) is 3.04. The van der Waals surface area contributed by atoms with Gasteiger partial charge >= 0.3 is 0 Å². The highest BCUT2D eigenvalue weighted by atomic mass is 16.5. The molecule has 102 valence electrons. The molecule has 0 aliphatic heterocycles. The summed E-state index contributed by atoms with van der Waals surface area (Å²) in [6, 6.07) is 16.7. The second kappa shape index (κ2) is 5.43. The van der Waals surface area contributed by atoms with Crippen LogP contribution >= 0.6 is 0 Å². The number of methoxy groups -OCH3 is 1. The third kappa shape index (κ3) is 2.44. The van der Waals surface area contributed by atoms with Crippen LogP contribution in [0.4, 0.5) is 0 Å². The number of aromatic nitrogens is 4. The number of benzene rings is 2. The molecule has 0 atom stereocenters. The van der Waals surface area contributed by atoms with Gasteiger partial charge in [-0.2, -0.15) is 9.94 Å². The fourth-order valence-corrected chi connectivity index (χ4v) is 1.96. The van der Waals surface area contributed by atoms with Crippen LogP contribution < -0.4 is 4.74 Å². The van der Waals surface area contributed by atoms with Crippen LogP contribution in [0.2, 0.25) is 0 Å². The van der Waals surface area contributed by atoms with Crippen LogP contribution in [0.15, 0.2) is 48.5 Å². The number of hydrogen-bond donors (Lipinski definition) is 0. The van der Waals surface area contributed by atoms with Crippen LogP contribution in [0, 0.1) is 11.3 Å². The Bertz CT molecular complexity index is 784. The first-order valence-electron chi connectivity index (χ1n) is 6.25. The first-order valence-corrected chi connectivity index (χ1v) is 6.25. The Morgan fingerprint density at radius 3 is 2.38 bits per heavy atom. The van der Waals surface area contributed by atoms with Gasteiger partial charge in [0, 0.05) is 5.56 Å². The maximum absolute atomic E-state index is 8.83. The smallest absolute Gasteiger partial charge is 0.187 e. The minimum absolute atomic E-state index is 0.599. The third-order valence-electron chi connectivity index (χ3n) is 3.06. The SMILES string of the molecule is COc1ccc(-n2nnnc2-c2ccc(C#N)cc2)cc1. The summed E-state index contributed by atoms with van der Waals surface area (Å²) in [7, 11) is 1.62. The molecule has 0 bridgehead atoms. The van der Waals surface area contributed by atoms with E-state index in [0.717, 1.165) is 17.0 Å². The van der Waals surface area contributed by atoms with Gasteiger partial charge in [0.1, 0.15) is 5.75 Å². The summed E-state index contributed by atoms with van der Waals surface area (Å²) in [6.07, 6.45) is 0. The standard InChI is InChI=1S/C15H11N5O/c1-21-14-8-6-13(7-9-14)20-15(17-18-19-20)12-4-2-11(10-16)3-5-12/h2-9H,1H3. The molecule has 0 saturated heterocycles. The predicted octanol–water partition coefficient (Wildman–Crippen LogP) is 2.21. The first kappa shape index (κ1) is 12.8. The molecule has 2 aromatic carbocycles.